The molecule has 4 aromatic heterocycles. The average molecular weight is 1730 g/mol. The second-order valence-electron chi connectivity index (χ2n) is 35.4. The van der Waals surface area contributed by atoms with Crippen molar-refractivity contribution in [3.8, 4) is 45.6 Å². The van der Waals surface area contributed by atoms with Crippen molar-refractivity contribution in [2.45, 2.75) is 177 Å². The monoisotopic (exact) mass is 1720 g/mol. The number of aliphatic hydroxyl groups is 4. The van der Waals surface area contributed by atoms with Crippen LogP contribution in [-0.2, 0) is 80.1 Å². The van der Waals surface area contributed by atoms with E-state index in [9.17, 15) is 39.6 Å². The van der Waals surface area contributed by atoms with E-state index in [-0.39, 0.29) is 71.5 Å². The first-order valence-electron chi connectivity index (χ1n) is 45.2. The molecule has 28 heteroatoms. The van der Waals surface area contributed by atoms with Gasteiger partial charge in [0.05, 0.1) is 24.4 Å². The summed E-state index contributed by atoms with van der Waals surface area (Å²) in [6, 6.07) is 56.8. The smallest absolute Gasteiger partial charge is 0.254 e. The number of carbonyl (C=O) groups excluding carboxylic acids is 4. The lowest BCUT2D eigenvalue weighted by Crippen LogP contribution is -2.52. The second kappa shape index (κ2) is 38.8. The van der Waals surface area contributed by atoms with Crippen LogP contribution in [0, 0.1) is 0 Å². The molecular weight excluding hydrogens is 1610 g/mol. The third-order valence-corrected chi connectivity index (χ3v) is 27.6. The molecule has 0 fully saturated rings. The van der Waals surface area contributed by atoms with E-state index in [0.717, 1.165) is 168 Å². The van der Waals surface area contributed by atoms with E-state index in [1.165, 1.54) is 69.8 Å². The van der Waals surface area contributed by atoms with Gasteiger partial charge in [-0.05, 0) is 167 Å². The summed E-state index contributed by atoms with van der Waals surface area (Å²) in [6.07, 6.45) is 10.4. The molecule has 8 aliphatic heterocycles. The summed E-state index contributed by atoms with van der Waals surface area (Å²) < 4.78 is 6.97. The maximum absolute atomic E-state index is 13.3. The number of amides is 4. The Morgan fingerprint density at radius 2 is 0.508 bits per heavy atom. The quantitative estimate of drug-likeness (QED) is 0.0352. The summed E-state index contributed by atoms with van der Waals surface area (Å²) in [5.74, 6) is 4.02. The van der Waals surface area contributed by atoms with Crippen LogP contribution in [0.4, 0.5) is 0 Å². The number of rotatable bonds is 20. The summed E-state index contributed by atoms with van der Waals surface area (Å²) in [7, 11) is 7.46. The van der Waals surface area contributed by atoms with Crippen LogP contribution in [-0.4, -0.2) is 224 Å². The van der Waals surface area contributed by atoms with Crippen molar-refractivity contribution in [3.63, 3.8) is 0 Å². The number of nitrogens with zero attached hydrogens (tertiary/aromatic N) is 16. The second-order valence-corrected chi connectivity index (χ2v) is 35.4. The lowest BCUT2D eigenvalue weighted by Gasteiger charge is -2.38. The summed E-state index contributed by atoms with van der Waals surface area (Å²) in [4.78, 5) is 78.0. The van der Waals surface area contributed by atoms with Crippen LogP contribution in [0.2, 0.25) is 0 Å². The van der Waals surface area contributed by atoms with Gasteiger partial charge < -0.3 is 61.3 Å². The van der Waals surface area contributed by atoms with Gasteiger partial charge in [-0.2, -0.15) is 20.4 Å². The molecule has 20 rings (SSSR count). The van der Waals surface area contributed by atoms with Gasteiger partial charge in [0.2, 0.25) is 0 Å². The molecule has 0 radical (unpaired) electrons. The highest BCUT2D eigenvalue weighted by Crippen LogP contribution is 2.40. The Labute approximate surface area is 746 Å². The van der Waals surface area contributed by atoms with Gasteiger partial charge in [-0.3, -0.25) is 19.2 Å². The van der Waals surface area contributed by atoms with Gasteiger partial charge in [0, 0.05) is 199 Å². The molecule has 664 valence electrons. The van der Waals surface area contributed by atoms with Gasteiger partial charge in [0.15, 0.2) is 23.3 Å². The first-order chi connectivity index (χ1) is 62.2. The van der Waals surface area contributed by atoms with Crippen LogP contribution in [0.5, 0.6) is 0 Å². The number of benzene rings is 8. The van der Waals surface area contributed by atoms with Gasteiger partial charge >= 0.3 is 0 Å². The van der Waals surface area contributed by atoms with Crippen molar-refractivity contribution in [1.82, 2.24) is 99.9 Å². The lowest BCUT2D eigenvalue weighted by molar-refractivity contribution is 0.0482. The van der Waals surface area contributed by atoms with Crippen LogP contribution in [0.1, 0.15) is 185 Å². The van der Waals surface area contributed by atoms with Crippen LogP contribution < -0.4 is 21.3 Å². The molecule has 0 saturated carbocycles. The predicted octanol–water partition coefficient (Wildman–Crippen LogP) is 10.0. The number of aromatic nitrogens is 12. The predicted molar refractivity (Wildman–Crippen MR) is 489 cm³/mol. The number of aliphatic hydroxyl groups excluding tert-OH is 4. The highest BCUT2D eigenvalue weighted by atomic mass is 16.3. The highest BCUT2D eigenvalue weighted by Gasteiger charge is 2.41. The molecule has 0 saturated heterocycles. The molecule has 8 aliphatic rings. The minimum absolute atomic E-state index is 0.00975. The number of aryl methyl sites for hydroxylation is 4. The van der Waals surface area contributed by atoms with E-state index in [0.29, 0.717) is 52.4 Å². The number of fused-ring (bicyclic) bond motifs is 8. The molecule has 12 atom stereocenters. The Hall–Kier alpha value is -12.1. The van der Waals surface area contributed by atoms with E-state index in [2.05, 4.69) is 162 Å². The van der Waals surface area contributed by atoms with Gasteiger partial charge in [-0.15, -0.1) is 0 Å². The number of carbonyl (C=O) groups is 4. The highest BCUT2D eigenvalue weighted by molar-refractivity contribution is 6.00. The third kappa shape index (κ3) is 18.5. The van der Waals surface area contributed by atoms with Crippen molar-refractivity contribution in [3.05, 3.63) is 284 Å². The van der Waals surface area contributed by atoms with Crippen LogP contribution in [0.25, 0.3) is 45.6 Å². The van der Waals surface area contributed by atoms with Crippen molar-refractivity contribution in [2.24, 2.45) is 28.2 Å². The largest absolute Gasteiger partial charge is 0.390 e. The molecule has 4 amide bonds. The van der Waals surface area contributed by atoms with E-state index in [1.54, 1.807) is 18.7 Å². The Morgan fingerprint density at radius 3 is 0.695 bits per heavy atom. The average Bonchev–Trinajstić information content (AvgIpc) is 1.18. The SMILES string of the molecule is CC[C@@H]1CN(C[C@@H](O)[C@@H]2Cc3ccccc3CN2)C(=O)c2ccc(-c3ncnn3C)cc21.CC[C@@H]1CN(C[C@H](O)[C@@H]2Cc3ccccc3CN2)C(=O)c2ccc(-c3ncnn3C)cc21.CC[C@H]1CN(C[C@@H](O)[C@@H]2Cc3ccccc3CN2)C(=O)c2ccc(-c3ncnn3C)cc21.CC[C@H]1CN(C[C@H](O)[C@@H]2Cc3ccccc3CN2)C(=O)c2ccc(-c3ncnn3C)cc21. The normalized spacial score (nSPS) is 21.2. The zero-order valence-electron chi connectivity index (χ0n) is 74.1. The summed E-state index contributed by atoms with van der Waals surface area (Å²) in [5.41, 5.74) is 21.2. The number of hydrogen-bond acceptors (Lipinski definition) is 20. The van der Waals surface area contributed by atoms with E-state index in [1.807, 2.05) is 145 Å². The third-order valence-electron chi connectivity index (χ3n) is 27.6. The van der Waals surface area contributed by atoms with Crippen LogP contribution >= 0.6 is 0 Å². The molecule has 8 aromatic carbocycles. The number of hydrogen-bond donors (Lipinski definition) is 8. The fourth-order valence-corrected chi connectivity index (χ4v) is 20.1. The van der Waals surface area contributed by atoms with Crippen LogP contribution in [0.15, 0.2) is 195 Å². The van der Waals surface area contributed by atoms with Gasteiger partial charge in [-0.1, -0.05) is 149 Å². The zero-order chi connectivity index (χ0) is 89.0. The van der Waals surface area contributed by atoms with E-state index in [4.69, 9.17) is 0 Å². The summed E-state index contributed by atoms with van der Waals surface area (Å²) in [6.45, 7) is 15.4. The van der Waals surface area contributed by atoms with E-state index >= 15 is 0 Å². The topological polar surface area (TPSA) is 333 Å². The minimum Gasteiger partial charge on any atom is -0.390 e. The first kappa shape index (κ1) is 87.9. The molecule has 12 aromatic rings. The van der Waals surface area contributed by atoms with Crippen molar-refractivity contribution >= 4 is 23.6 Å². The molecule has 0 bridgehead atoms. The Bertz CT molecular complexity index is 5280. The first-order valence-corrected chi connectivity index (χ1v) is 45.2. The van der Waals surface area contributed by atoms with Crippen molar-refractivity contribution < 1.29 is 39.6 Å². The maximum Gasteiger partial charge on any atom is 0.254 e. The number of nitrogens with one attached hydrogen (secondary N) is 4. The van der Waals surface area contributed by atoms with Gasteiger partial charge in [0.1, 0.15) is 25.3 Å². The maximum atomic E-state index is 13.3. The number of β-amino-alcohol motifs (C(OH)–C–C–N with tert-alkyl or cyclic N) is 4. The molecule has 0 aliphatic carbocycles. The van der Waals surface area contributed by atoms with Gasteiger partial charge in [-0.25, -0.2) is 38.7 Å². The molecule has 12 heterocycles. The zero-order valence-corrected chi connectivity index (χ0v) is 74.1. The van der Waals surface area contributed by atoms with Crippen molar-refractivity contribution in [2.75, 3.05) is 52.4 Å². The summed E-state index contributed by atoms with van der Waals surface area (Å²) >= 11 is 0. The van der Waals surface area contributed by atoms with Crippen molar-refractivity contribution in [1.29, 1.82) is 0 Å². The molecular formula is C100H116N20O8. The molecule has 128 heavy (non-hydrogen) atoms. The fraction of sp³-hybridized carbons (Fsp3) is 0.400. The van der Waals surface area contributed by atoms with Gasteiger partial charge in [0.25, 0.3) is 23.6 Å². The lowest BCUT2D eigenvalue weighted by atomic mass is 9.85. The standard InChI is InChI=1S/4C25H29N5O2/c4*1-3-16-13-30(14-23(31)22-11-17-6-4-5-7-19(17)12-26-22)25(32)20-9-8-18(10-21(16)20)24-27-15-28-29(24)2/h4*4-10,15-16,22-23,26,31H,3,11-14H2,1-2H3/t16-,22+,23+;16-,22+,23-;16-,22-,23+;16-,22-,23-/m1100/s1. The Balaban J connectivity index is 0.000000120. The molecule has 0 unspecified atom stereocenters. The molecule has 0 spiro atoms. The minimum atomic E-state index is -0.621. The Kier molecular flexibility index (Phi) is 26.7. The Morgan fingerprint density at radius 1 is 0.305 bits per heavy atom. The van der Waals surface area contributed by atoms with Crippen LogP contribution in [0.3, 0.4) is 0 Å². The molecule has 8 N–H and O–H groups in total. The summed E-state index contributed by atoms with van der Waals surface area (Å²) in [5, 5.41) is 74.4. The molecule has 28 nitrogen and oxygen atoms in total. The fourth-order valence-electron chi connectivity index (χ4n) is 20.1. The van der Waals surface area contributed by atoms with E-state index < -0.39 is 24.4 Å².